The van der Waals surface area contributed by atoms with Gasteiger partial charge in [-0.25, -0.2) is 0 Å². The first-order valence-electron chi connectivity index (χ1n) is 6.32. The summed E-state index contributed by atoms with van der Waals surface area (Å²) in [6.45, 7) is 1.94. The van der Waals surface area contributed by atoms with Crippen LogP contribution in [0.3, 0.4) is 0 Å². The lowest BCUT2D eigenvalue weighted by Crippen LogP contribution is -2.40. The minimum Gasteiger partial charge on any atom is -0.355 e. The quantitative estimate of drug-likeness (QED) is 0.914. The molecule has 0 saturated carbocycles. The second-order valence-electron chi connectivity index (χ2n) is 4.71. The molecule has 2 N–H and O–H groups in total. The summed E-state index contributed by atoms with van der Waals surface area (Å²) in [6.07, 6.45) is 2.06. The Morgan fingerprint density at radius 2 is 1.95 bits per heavy atom. The molecule has 0 radical (unpaired) electrons. The van der Waals surface area contributed by atoms with Crippen molar-refractivity contribution >= 4 is 33.1 Å². The smallest absolute Gasteiger partial charge is 0.151 e. The molecule has 4 nitrogen and oxygen atoms in total. The number of thiophene rings is 1. The molecule has 1 saturated heterocycles. The largest absolute Gasteiger partial charge is 0.355 e. The van der Waals surface area contributed by atoms with Gasteiger partial charge in [-0.1, -0.05) is 0 Å². The minimum atomic E-state index is 0.340. The zero-order chi connectivity index (χ0) is 13.2. The van der Waals surface area contributed by atoms with Crippen LogP contribution < -0.4 is 10.6 Å². The van der Waals surface area contributed by atoms with Gasteiger partial charge in [0.2, 0.25) is 0 Å². The van der Waals surface area contributed by atoms with Gasteiger partial charge in [-0.3, -0.25) is 0 Å². The summed E-state index contributed by atoms with van der Waals surface area (Å²) >= 11 is 5.13. The predicted octanol–water partition coefficient (Wildman–Crippen LogP) is 2.90. The molecule has 100 valence electrons. The summed E-state index contributed by atoms with van der Waals surface area (Å²) in [5, 5.41) is 8.66. The van der Waals surface area contributed by atoms with E-state index in [0.29, 0.717) is 6.04 Å². The number of nitrogens with zero attached hydrogens (tertiary/aromatic N) is 3. The summed E-state index contributed by atoms with van der Waals surface area (Å²) < 4.78 is 1.11. The Kier molecular flexibility index (Phi) is 3.81. The van der Waals surface area contributed by atoms with Crippen molar-refractivity contribution in [2.45, 2.75) is 18.9 Å². The maximum absolute atomic E-state index is 5.91. The van der Waals surface area contributed by atoms with Crippen LogP contribution in [0.25, 0.3) is 10.6 Å². The summed E-state index contributed by atoms with van der Waals surface area (Å²) in [6, 6.07) is 8.51. The molecule has 1 fully saturated rings. The molecule has 3 rings (SSSR count). The standard InChI is InChI=1S/C13H15BrN4S/c14-12-3-2-11(19-12)10-1-4-13(17-16-10)18-7-5-9(15)6-8-18/h1-4,9H,5-8,15H2. The van der Waals surface area contributed by atoms with Gasteiger partial charge in [0.05, 0.1) is 8.66 Å². The van der Waals surface area contributed by atoms with E-state index < -0.39 is 0 Å². The number of hydrogen-bond acceptors (Lipinski definition) is 5. The lowest BCUT2D eigenvalue weighted by Gasteiger charge is -2.30. The summed E-state index contributed by atoms with van der Waals surface area (Å²) in [5.41, 5.74) is 6.84. The predicted molar refractivity (Wildman–Crippen MR) is 82.5 cm³/mol. The monoisotopic (exact) mass is 338 g/mol. The molecule has 2 aromatic rings. The third kappa shape index (κ3) is 2.96. The van der Waals surface area contributed by atoms with Crippen molar-refractivity contribution in [2.75, 3.05) is 18.0 Å². The first-order valence-corrected chi connectivity index (χ1v) is 7.93. The first-order chi connectivity index (χ1) is 9.22. The van der Waals surface area contributed by atoms with Crippen molar-refractivity contribution in [1.29, 1.82) is 0 Å². The fraction of sp³-hybridized carbons (Fsp3) is 0.385. The Labute approximate surface area is 124 Å². The van der Waals surface area contributed by atoms with Gasteiger partial charge in [0.25, 0.3) is 0 Å². The zero-order valence-electron chi connectivity index (χ0n) is 10.4. The molecule has 3 heterocycles. The number of aromatic nitrogens is 2. The third-order valence-corrected chi connectivity index (χ3v) is 4.99. The van der Waals surface area contributed by atoms with E-state index in [1.807, 2.05) is 18.2 Å². The van der Waals surface area contributed by atoms with Crippen LogP contribution in [-0.2, 0) is 0 Å². The fourth-order valence-electron chi connectivity index (χ4n) is 2.21. The molecule has 0 aromatic carbocycles. The van der Waals surface area contributed by atoms with Crippen LogP contribution in [0, 0.1) is 0 Å². The zero-order valence-corrected chi connectivity index (χ0v) is 12.8. The molecular formula is C13H15BrN4S. The van der Waals surface area contributed by atoms with Crippen LogP contribution in [0.1, 0.15) is 12.8 Å². The van der Waals surface area contributed by atoms with Gasteiger partial charge in [0.1, 0.15) is 5.69 Å². The minimum absolute atomic E-state index is 0.340. The number of piperidine rings is 1. The van der Waals surface area contributed by atoms with Crippen molar-refractivity contribution in [2.24, 2.45) is 5.73 Å². The number of rotatable bonds is 2. The lowest BCUT2D eigenvalue weighted by atomic mass is 10.1. The van der Waals surface area contributed by atoms with Gasteiger partial charge >= 0.3 is 0 Å². The van der Waals surface area contributed by atoms with Crippen molar-refractivity contribution in [3.63, 3.8) is 0 Å². The lowest BCUT2D eigenvalue weighted by molar-refractivity contribution is 0.497. The average Bonchev–Trinajstić information content (AvgIpc) is 2.87. The summed E-state index contributed by atoms with van der Waals surface area (Å²) in [4.78, 5) is 3.39. The van der Waals surface area contributed by atoms with E-state index in [9.17, 15) is 0 Å². The number of nitrogens with two attached hydrogens (primary N) is 1. The van der Waals surface area contributed by atoms with Crippen LogP contribution >= 0.6 is 27.3 Å². The van der Waals surface area contributed by atoms with Gasteiger partial charge in [0, 0.05) is 19.1 Å². The third-order valence-electron chi connectivity index (χ3n) is 3.34. The number of anilines is 1. The normalized spacial score (nSPS) is 16.8. The maximum atomic E-state index is 5.91. The van der Waals surface area contributed by atoms with Crippen molar-refractivity contribution in [3.8, 4) is 10.6 Å². The molecule has 0 aliphatic carbocycles. The van der Waals surface area contributed by atoms with Crippen molar-refractivity contribution < 1.29 is 0 Å². The van der Waals surface area contributed by atoms with Crippen LogP contribution in [0.2, 0.25) is 0 Å². The highest BCUT2D eigenvalue weighted by Crippen LogP contribution is 2.30. The molecule has 0 bridgehead atoms. The first kappa shape index (κ1) is 13.0. The second-order valence-corrected chi connectivity index (χ2v) is 7.17. The van der Waals surface area contributed by atoms with E-state index in [1.165, 1.54) is 0 Å². The van der Waals surface area contributed by atoms with Crippen molar-refractivity contribution in [1.82, 2.24) is 10.2 Å². The highest BCUT2D eigenvalue weighted by Gasteiger charge is 2.17. The second kappa shape index (κ2) is 5.56. The molecule has 0 unspecified atom stereocenters. The van der Waals surface area contributed by atoms with Crippen LogP contribution in [0.5, 0.6) is 0 Å². The van der Waals surface area contributed by atoms with Crippen LogP contribution in [-0.4, -0.2) is 29.3 Å². The molecule has 2 aromatic heterocycles. The summed E-state index contributed by atoms with van der Waals surface area (Å²) in [7, 11) is 0. The average molecular weight is 339 g/mol. The Balaban J connectivity index is 1.75. The molecule has 0 amide bonds. The molecule has 0 atom stereocenters. The molecule has 1 aliphatic heterocycles. The van der Waals surface area contributed by atoms with Gasteiger partial charge in [-0.2, -0.15) is 0 Å². The highest BCUT2D eigenvalue weighted by molar-refractivity contribution is 9.11. The van der Waals surface area contributed by atoms with Gasteiger partial charge < -0.3 is 10.6 Å². The van der Waals surface area contributed by atoms with Crippen LogP contribution in [0.15, 0.2) is 28.1 Å². The Bertz CT molecular complexity index is 546. The summed E-state index contributed by atoms with van der Waals surface area (Å²) in [5.74, 6) is 0.950. The van der Waals surface area contributed by atoms with Crippen LogP contribution in [0.4, 0.5) is 5.82 Å². The fourth-order valence-corrected chi connectivity index (χ4v) is 3.56. The van der Waals surface area contributed by atoms with Gasteiger partial charge in [-0.05, 0) is 53.0 Å². The number of hydrogen-bond donors (Lipinski definition) is 1. The van der Waals surface area contributed by atoms with E-state index in [2.05, 4.69) is 37.1 Å². The Hall–Kier alpha value is -0.980. The van der Waals surface area contributed by atoms with E-state index in [1.54, 1.807) is 11.3 Å². The number of halogens is 1. The van der Waals surface area contributed by atoms with E-state index in [0.717, 1.165) is 46.1 Å². The van der Waals surface area contributed by atoms with E-state index in [-0.39, 0.29) is 0 Å². The SMILES string of the molecule is NC1CCN(c2ccc(-c3ccc(Br)s3)nn2)CC1. The van der Waals surface area contributed by atoms with Gasteiger partial charge in [-0.15, -0.1) is 21.5 Å². The van der Waals surface area contributed by atoms with Gasteiger partial charge in [0.15, 0.2) is 5.82 Å². The molecular weight excluding hydrogens is 324 g/mol. The maximum Gasteiger partial charge on any atom is 0.151 e. The molecule has 6 heteroatoms. The molecule has 1 aliphatic rings. The highest BCUT2D eigenvalue weighted by atomic mass is 79.9. The molecule has 0 spiro atoms. The van der Waals surface area contributed by atoms with Crippen molar-refractivity contribution in [3.05, 3.63) is 28.1 Å². The van der Waals surface area contributed by atoms with E-state index in [4.69, 9.17) is 5.73 Å². The van der Waals surface area contributed by atoms with E-state index >= 15 is 0 Å². The topological polar surface area (TPSA) is 55.0 Å². The molecule has 19 heavy (non-hydrogen) atoms. The Morgan fingerprint density at radius 1 is 1.16 bits per heavy atom. The Morgan fingerprint density at radius 3 is 2.53 bits per heavy atom.